The van der Waals surface area contributed by atoms with Crippen LogP contribution in [0.15, 0.2) is 91.0 Å². The first kappa shape index (κ1) is 43.3. The van der Waals surface area contributed by atoms with E-state index in [0.29, 0.717) is 37.5 Å². The average molecular weight is 879 g/mol. The predicted molar refractivity (Wildman–Crippen MR) is 248 cm³/mol. The summed E-state index contributed by atoms with van der Waals surface area (Å²) in [6.07, 6.45) is 0.0726. The third kappa shape index (κ3) is 8.32. The smallest absolute Gasteiger partial charge is 0.407 e. The van der Waals surface area contributed by atoms with E-state index >= 15 is 0 Å². The van der Waals surface area contributed by atoms with Crippen molar-refractivity contribution in [1.29, 1.82) is 0 Å². The molecule has 0 radical (unpaired) electrons. The van der Waals surface area contributed by atoms with Gasteiger partial charge in [-0.2, -0.15) is 0 Å². The van der Waals surface area contributed by atoms with Crippen molar-refractivity contribution in [2.45, 2.75) is 57.8 Å². The number of H-pyrrole nitrogens is 2. The molecule has 9 rings (SSSR count). The molecule has 2 aliphatic heterocycles. The van der Waals surface area contributed by atoms with Crippen LogP contribution in [-0.4, -0.2) is 101 Å². The third-order valence-electron chi connectivity index (χ3n) is 13.0. The van der Waals surface area contributed by atoms with E-state index in [1.54, 1.807) is 12.0 Å². The summed E-state index contributed by atoms with van der Waals surface area (Å²) < 4.78 is 15.3. The van der Waals surface area contributed by atoms with Gasteiger partial charge in [-0.15, -0.1) is 0 Å². The van der Waals surface area contributed by atoms with Gasteiger partial charge in [-0.1, -0.05) is 87.5 Å². The van der Waals surface area contributed by atoms with E-state index in [2.05, 4.69) is 76.1 Å². The Hall–Kier alpha value is -7.00. The Balaban J connectivity index is 0.993. The lowest BCUT2D eigenvalue weighted by Crippen LogP contribution is -2.51. The van der Waals surface area contributed by atoms with E-state index in [9.17, 15) is 19.2 Å². The van der Waals surface area contributed by atoms with Gasteiger partial charge in [-0.3, -0.25) is 9.59 Å². The van der Waals surface area contributed by atoms with Crippen LogP contribution in [-0.2, 0) is 23.8 Å². The molecule has 2 aromatic heterocycles. The van der Waals surface area contributed by atoms with Crippen LogP contribution in [0.5, 0.6) is 0 Å². The number of hydrogen-bond donors (Lipinski definition) is 4. The summed E-state index contributed by atoms with van der Waals surface area (Å²) in [6.45, 7) is 7.44. The first-order chi connectivity index (χ1) is 31.4. The number of hydrogen-bond acceptors (Lipinski definition) is 9. The Kier molecular flexibility index (Phi) is 11.9. The van der Waals surface area contributed by atoms with Crippen LogP contribution in [0, 0.1) is 17.8 Å². The van der Waals surface area contributed by atoms with Gasteiger partial charge in [0.1, 0.15) is 23.7 Å². The fraction of sp³-hybridized carbons (Fsp3) is 0.360. The Labute approximate surface area is 376 Å². The lowest BCUT2D eigenvalue weighted by Gasteiger charge is -2.30. The highest BCUT2D eigenvalue weighted by molar-refractivity contribution is 6.07. The van der Waals surface area contributed by atoms with Crippen LogP contribution >= 0.6 is 0 Å². The molecule has 5 aromatic carbocycles. The van der Waals surface area contributed by atoms with E-state index in [-0.39, 0.29) is 41.7 Å². The molecule has 15 nitrogen and oxygen atoms in total. The van der Waals surface area contributed by atoms with E-state index < -0.39 is 24.3 Å². The van der Waals surface area contributed by atoms with Crippen LogP contribution in [0.2, 0.25) is 0 Å². The number of imidazole rings is 2. The van der Waals surface area contributed by atoms with Crippen molar-refractivity contribution >= 4 is 67.6 Å². The van der Waals surface area contributed by atoms with Crippen molar-refractivity contribution in [2.75, 3.05) is 41.0 Å². The van der Waals surface area contributed by atoms with Crippen LogP contribution in [0.25, 0.3) is 54.7 Å². The lowest BCUT2D eigenvalue weighted by molar-refractivity contribution is -0.136. The zero-order valence-corrected chi connectivity index (χ0v) is 37.4. The zero-order valence-electron chi connectivity index (χ0n) is 37.4. The van der Waals surface area contributed by atoms with Gasteiger partial charge in [0.25, 0.3) is 5.91 Å². The number of ether oxygens (including phenoxy) is 3. The molecular weight excluding hydrogens is 825 g/mol. The van der Waals surface area contributed by atoms with Gasteiger partial charge in [0.2, 0.25) is 5.91 Å². The molecule has 7 aromatic rings. The minimum Gasteiger partial charge on any atom is -0.453 e. The Bertz CT molecular complexity index is 2930. The summed E-state index contributed by atoms with van der Waals surface area (Å²) in [7, 11) is 4.24. The number of benzene rings is 5. The van der Waals surface area contributed by atoms with Crippen molar-refractivity contribution < 1.29 is 33.4 Å². The molecule has 65 heavy (non-hydrogen) atoms. The summed E-state index contributed by atoms with van der Waals surface area (Å²) in [5.41, 5.74) is 6.15. The number of amides is 4. The molecule has 0 bridgehead atoms. The Morgan fingerprint density at radius 1 is 0.692 bits per heavy atom. The second-order valence-electron chi connectivity index (χ2n) is 17.8. The summed E-state index contributed by atoms with van der Waals surface area (Å²) in [6, 6.07) is 27.9. The van der Waals surface area contributed by atoms with E-state index in [1.807, 2.05) is 61.2 Å². The summed E-state index contributed by atoms with van der Waals surface area (Å²) in [5.74, 6) is 1.20. The molecule has 5 unspecified atom stereocenters. The number of nitrogens with one attached hydrogen (secondary N) is 4. The number of nitrogens with zero attached hydrogens (tertiary/aromatic N) is 4. The number of alkyl carbamates (subject to hydrolysis) is 2. The van der Waals surface area contributed by atoms with Crippen molar-refractivity contribution in [2.24, 2.45) is 17.8 Å². The number of aromatic amines is 2. The van der Waals surface area contributed by atoms with Gasteiger partial charge >= 0.3 is 12.2 Å². The maximum atomic E-state index is 14.4. The quantitative estimate of drug-likeness (QED) is 0.0992. The maximum Gasteiger partial charge on any atom is 0.407 e. The second-order valence-corrected chi connectivity index (χ2v) is 17.8. The molecule has 4 N–H and O–H groups in total. The summed E-state index contributed by atoms with van der Waals surface area (Å²) >= 11 is 0. The van der Waals surface area contributed by atoms with Crippen LogP contribution < -0.4 is 10.6 Å². The van der Waals surface area contributed by atoms with Crippen molar-refractivity contribution in [3.8, 4) is 11.1 Å². The fourth-order valence-corrected chi connectivity index (χ4v) is 9.80. The highest BCUT2D eigenvalue weighted by atomic mass is 16.5. The molecule has 4 amide bonds. The highest BCUT2D eigenvalue weighted by Crippen LogP contribution is 2.40. The predicted octanol–water partition coefficient (Wildman–Crippen LogP) is 8.34. The minimum atomic E-state index is -0.945. The maximum absolute atomic E-state index is 14.4. The summed E-state index contributed by atoms with van der Waals surface area (Å²) in [4.78, 5) is 73.9. The number of carbonyl (C=O) groups excluding carboxylic acids is 4. The lowest BCUT2D eigenvalue weighted by atomic mass is 9.98. The van der Waals surface area contributed by atoms with Gasteiger partial charge in [0.05, 0.1) is 55.0 Å². The molecule has 336 valence electrons. The first-order valence-corrected chi connectivity index (χ1v) is 22.1. The molecule has 2 fully saturated rings. The van der Waals surface area contributed by atoms with Crippen LogP contribution in [0.3, 0.4) is 0 Å². The number of likely N-dealkylation sites (tertiary alicyclic amines) is 2. The number of rotatable bonds is 11. The molecule has 15 heteroatoms. The molecular formula is C50H54N8O7. The fourth-order valence-electron chi connectivity index (χ4n) is 9.80. The monoisotopic (exact) mass is 878 g/mol. The summed E-state index contributed by atoms with van der Waals surface area (Å²) in [5, 5.41) is 9.53. The van der Waals surface area contributed by atoms with Crippen molar-refractivity contribution in [1.82, 2.24) is 40.4 Å². The second kappa shape index (κ2) is 17.9. The van der Waals surface area contributed by atoms with E-state index in [4.69, 9.17) is 24.2 Å². The third-order valence-corrected chi connectivity index (χ3v) is 13.0. The van der Waals surface area contributed by atoms with Crippen molar-refractivity contribution in [3.63, 3.8) is 0 Å². The molecule has 4 heterocycles. The van der Waals surface area contributed by atoms with Gasteiger partial charge in [0.15, 0.2) is 0 Å². The topological polar surface area (TPSA) is 184 Å². The van der Waals surface area contributed by atoms with Crippen LogP contribution in [0.4, 0.5) is 9.59 Å². The number of aromatic nitrogens is 4. The molecule has 2 saturated heterocycles. The first-order valence-electron chi connectivity index (χ1n) is 22.1. The largest absolute Gasteiger partial charge is 0.453 e. The van der Waals surface area contributed by atoms with Gasteiger partial charge in [-0.05, 0) is 76.4 Å². The van der Waals surface area contributed by atoms with E-state index in [1.165, 1.54) is 14.2 Å². The number of carbonyl (C=O) groups is 4. The Morgan fingerprint density at radius 2 is 1.25 bits per heavy atom. The Morgan fingerprint density at radius 3 is 1.80 bits per heavy atom. The zero-order chi connectivity index (χ0) is 45.5. The van der Waals surface area contributed by atoms with E-state index in [0.717, 1.165) is 67.0 Å². The average Bonchev–Trinajstić information content (AvgIpc) is 4.14. The number of fused-ring (bicyclic) bond motifs is 6. The SMILES string of the molecule is COCC1CC(c2nc3c(ccc4cc(-c5ccc6c(ccc7[nH]c(C8CC(C)CN8C(=O)C(NC(=O)OC)C(C)C)nc76)c5)ccc43)[nH]2)N(C(=O)[C@H](NC(=O)OC)c2ccccc2)C1. The molecule has 0 saturated carbocycles. The highest BCUT2D eigenvalue weighted by Gasteiger charge is 2.42. The van der Waals surface area contributed by atoms with Crippen molar-refractivity contribution in [3.05, 3.63) is 108 Å². The normalized spacial score (nSPS) is 19.6. The standard InChI is InChI=1S/C50H54N8O7/c1-27(2)41(55-49(61)64-5)47(59)57-24-28(3)20-39(57)45-51-37-18-14-33-22-31(12-16-35(33)43(37)53-45)32-13-17-36-34(23-32)15-19-38-44(36)54-46(52-38)40-21-29(26-63-4)25-58(40)48(60)42(56-50(62)65-6)30-10-8-7-9-11-30/h7-19,22-23,27-29,39-42H,20-21,24-26H2,1-6H3,(H,51,53)(H,52,54)(H,55,61)(H,56,62)/t28?,29?,39?,40?,41?,42-/m1/s1. The minimum absolute atomic E-state index is 0.0714. The van der Waals surface area contributed by atoms with Crippen LogP contribution in [0.1, 0.15) is 69.0 Å². The molecule has 2 aliphatic rings. The number of methoxy groups -OCH3 is 3. The van der Waals surface area contributed by atoms with Gasteiger partial charge in [-0.25, -0.2) is 19.6 Å². The van der Waals surface area contributed by atoms with Gasteiger partial charge in [0, 0.05) is 36.9 Å². The van der Waals surface area contributed by atoms with Gasteiger partial charge < -0.3 is 44.6 Å². The molecule has 0 aliphatic carbocycles. The molecule has 6 atom stereocenters. The molecule has 0 spiro atoms.